The van der Waals surface area contributed by atoms with E-state index in [0.29, 0.717) is 13.0 Å². The van der Waals surface area contributed by atoms with E-state index in [1.165, 1.54) is 0 Å². The van der Waals surface area contributed by atoms with Gasteiger partial charge >= 0.3 is 5.97 Å². The van der Waals surface area contributed by atoms with Crippen molar-refractivity contribution in [2.24, 2.45) is 0 Å². The molecule has 0 heterocycles. The van der Waals surface area contributed by atoms with Gasteiger partial charge in [0.1, 0.15) is 0 Å². The lowest BCUT2D eigenvalue weighted by Gasteiger charge is -2.03. The molecule has 0 bridgehead atoms. The fourth-order valence-electron chi connectivity index (χ4n) is 1.19. The van der Waals surface area contributed by atoms with Gasteiger partial charge in [0.2, 0.25) is 0 Å². The lowest BCUT2D eigenvalue weighted by molar-refractivity contribution is -0.143. The zero-order valence-corrected chi connectivity index (χ0v) is 10.8. The van der Waals surface area contributed by atoms with Gasteiger partial charge in [-0.1, -0.05) is 23.7 Å². The van der Waals surface area contributed by atoms with E-state index in [4.69, 9.17) is 16.3 Å². The maximum absolute atomic E-state index is 11.1. The van der Waals surface area contributed by atoms with Gasteiger partial charge in [-0.2, -0.15) is 0 Å². The molecule has 0 aliphatic heterocycles. The van der Waals surface area contributed by atoms with Crippen LogP contribution >= 0.6 is 23.4 Å². The molecule has 0 saturated heterocycles. The highest BCUT2D eigenvalue weighted by Gasteiger charge is 2.03. The molecule has 0 unspecified atom stereocenters. The van der Waals surface area contributed by atoms with Crippen LogP contribution in [0, 0.1) is 0 Å². The van der Waals surface area contributed by atoms with Crippen LogP contribution in [-0.2, 0) is 9.53 Å². The second-order valence-electron chi connectivity index (χ2n) is 3.19. The minimum Gasteiger partial charge on any atom is -0.466 e. The third kappa shape index (κ3) is 4.90. The second kappa shape index (κ2) is 7.58. The van der Waals surface area contributed by atoms with Crippen LogP contribution in [-0.4, -0.2) is 18.3 Å². The molecule has 1 aromatic rings. The predicted octanol–water partition coefficient (Wildman–Crippen LogP) is 3.78. The van der Waals surface area contributed by atoms with Gasteiger partial charge in [-0.05, 0) is 31.2 Å². The molecule has 0 atom stereocenters. The van der Waals surface area contributed by atoms with Crippen molar-refractivity contribution in [3.63, 3.8) is 0 Å². The molecule has 4 heteroatoms. The maximum atomic E-state index is 11.1. The summed E-state index contributed by atoms with van der Waals surface area (Å²) in [5.74, 6) is 0.755. The molecule has 0 fully saturated rings. The van der Waals surface area contributed by atoms with Crippen molar-refractivity contribution in [3.05, 3.63) is 29.3 Å². The van der Waals surface area contributed by atoms with Crippen LogP contribution in [0.4, 0.5) is 0 Å². The first-order valence-corrected chi connectivity index (χ1v) is 6.63. The lowest BCUT2D eigenvalue weighted by atomic mass is 10.3. The van der Waals surface area contributed by atoms with Gasteiger partial charge in [0.25, 0.3) is 0 Å². The van der Waals surface area contributed by atoms with Gasteiger partial charge in [-0.25, -0.2) is 0 Å². The van der Waals surface area contributed by atoms with Crippen LogP contribution in [0.25, 0.3) is 0 Å². The van der Waals surface area contributed by atoms with Gasteiger partial charge in [-0.3, -0.25) is 4.79 Å². The monoisotopic (exact) mass is 258 g/mol. The lowest BCUT2D eigenvalue weighted by Crippen LogP contribution is -2.03. The zero-order valence-electron chi connectivity index (χ0n) is 9.24. The molecule has 0 N–H and O–H groups in total. The molecule has 0 aromatic heterocycles. The summed E-state index contributed by atoms with van der Waals surface area (Å²) in [6.07, 6.45) is 1.29. The van der Waals surface area contributed by atoms with Crippen LogP contribution in [0.15, 0.2) is 29.2 Å². The third-order valence-corrected chi connectivity index (χ3v) is 3.53. The van der Waals surface area contributed by atoms with Crippen molar-refractivity contribution in [2.45, 2.75) is 24.7 Å². The van der Waals surface area contributed by atoms with E-state index in [1.807, 2.05) is 31.2 Å². The molecule has 0 spiro atoms. The Morgan fingerprint density at radius 3 is 2.88 bits per heavy atom. The molecular weight excluding hydrogens is 244 g/mol. The van der Waals surface area contributed by atoms with Crippen molar-refractivity contribution in [3.8, 4) is 0 Å². The third-order valence-electron chi connectivity index (χ3n) is 1.92. The summed E-state index contributed by atoms with van der Waals surface area (Å²) >= 11 is 7.67. The Morgan fingerprint density at radius 2 is 2.19 bits per heavy atom. The molecular formula is C12H15ClO2S. The Balaban J connectivity index is 2.21. The van der Waals surface area contributed by atoms with Crippen LogP contribution in [0.3, 0.4) is 0 Å². The molecule has 0 amide bonds. The van der Waals surface area contributed by atoms with Crippen molar-refractivity contribution < 1.29 is 9.53 Å². The van der Waals surface area contributed by atoms with Gasteiger partial charge in [-0.15, -0.1) is 11.8 Å². The van der Waals surface area contributed by atoms with E-state index in [9.17, 15) is 4.79 Å². The fourth-order valence-corrected chi connectivity index (χ4v) is 2.38. The Labute approximate surface area is 105 Å². The summed E-state index contributed by atoms with van der Waals surface area (Å²) in [6, 6.07) is 7.72. The fraction of sp³-hybridized carbons (Fsp3) is 0.417. The first-order valence-electron chi connectivity index (χ1n) is 5.27. The number of hydrogen-bond acceptors (Lipinski definition) is 3. The highest BCUT2D eigenvalue weighted by atomic mass is 35.5. The van der Waals surface area contributed by atoms with Crippen LogP contribution < -0.4 is 0 Å². The van der Waals surface area contributed by atoms with Gasteiger partial charge in [0.05, 0.1) is 11.6 Å². The van der Waals surface area contributed by atoms with E-state index >= 15 is 0 Å². The number of benzene rings is 1. The Morgan fingerprint density at radius 1 is 1.44 bits per heavy atom. The van der Waals surface area contributed by atoms with Crippen molar-refractivity contribution in [2.75, 3.05) is 12.4 Å². The number of hydrogen-bond donors (Lipinski definition) is 0. The van der Waals surface area contributed by atoms with E-state index < -0.39 is 0 Å². The average Bonchev–Trinajstić information content (AvgIpc) is 2.27. The summed E-state index contributed by atoms with van der Waals surface area (Å²) in [5, 5.41) is 0.767. The van der Waals surface area contributed by atoms with E-state index in [2.05, 4.69) is 0 Å². The molecule has 1 rings (SSSR count). The zero-order chi connectivity index (χ0) is 11.8. The molecule has 1 aromatic carbocycles. The summed E-state index contributed by atoms with van der Waals surface area (Å²) < 4.78 is 4.84. The first-order chi connectivity index (χ1) is 7.74. The van der Waals surface area contributed by atoms with E-state index in [0.717, 1.165) is 22.1 Å². The minimum atomic E-state index is -0.123. The highest BCUT2D eigenvalue weighted by molar-refractivity contribution is 7.99. The normalized spacial score (nSPS) is 10.1. The second-order valence-corrected chi connectivity index (χ2v) is 4.73. The number of rotatable bonds is 6. The standard InChI is InChI=1S/C12H15ClO2S/c1-2-15-12(14)8-5-9-16-11-7-4-3-6-10(11)13/h3-4,6-7H,2,5,8-9H2,1H3. The van der Waals surface area contributed by atoms with Gasteiger partial charge in [0.15, 0.2) is 0 Å². The number of carbonyl (C=O) groups excluding carboxylic acids is 1. The molecule has 0 saturated carbocycles. The Kier molecular flexibility index (Phi) is 6.34. The molecule has 0 radical (unpaired) electrons. The molecule has 88 valence electrons. The topological polar surface area (TPSA) is 26.3 Å². The summed E-state index contributed by atoms with van der Waals surface area (Å²) in [6.45, 7) is 2.27. The quantitative estimate of drug-likeness (QED) is 0.441. The smallest absolute Gasteiger partial charge is 0.305 e. The minimum absolute atomic E-state index is 0.123. The maximum Gasteiger partial charge on any atom is 0.305 e. The molecule has 0 aliphatic carbocycles. The number of thioether (sulfide) groups is 1. The summed E-state index contributed by atoms with van der Waals surface area (Å²) in [4.78, 5) is 12.1. The molecule has 16 heavy (non-hydrogen) atoms. The van der Waals surface area contributed by atoms with Crippen molar-refractivity contribution in [1.82, 2.24) is 0 Å². The number of ether oxygens (including phenoxy) is 1. The Hall–Kier alpha value is -0.670. The van der Waals surface area contributed by atoms with E-state index in [1.54, 1.807) is 11.8 Å². The number of esters is 1. The largest absolute Gasteiger partial charge is 0.466 e. The van der Waals surface area contributed by atoms with Crippen LogP contribution in [0.1, 0.15) is 19.8 Å². The summed E-state index contributed by atoms with van der Waals surface area (Å²) in [5.41, 5.74) is 0. The first kappa shape index (κ1) is 13.4. The van der Waals surface area contributed by atoms with E-state index in [-0.39, 0.29) is 5.97 Å². The number of halogens is 1. The van der Waals surface area contributed by atoms with Crippen molar-refractivity contribution in [1.29, 1.82) is 0 Å². The molecule has 0 aliphatic rings. The summed E-state index contributed by atoms with van der Waals surface area (Å²) in [7, 11) is 0. The van der Waals surface area contributed by atoms with Gasteiger partial charge < -0.3 is 4.74 Å². The highest BCUT2D eigenvalue weighted by Crippen LogP contribution is 2.27. The SMILES string of the molecule is CCOC(=O)CCCSc1ccccc1Cl. The van der Waals surface area contributed by atoms with Crippen LogP contribution in [0.2, 0.25) is 5.02 Å². The van der Waals surface area contributed by atoms with Crippen molar-refractivity contribution >= 4 is 29.3 Å². The number of carbonyl (C=O) groups is 1. The van der Waals surface area contributed by atoms with Crippen LogP contribution in [0.5, 0.6) is 0 Å². The Bertz CT molecular complexity index is 342. The average molecular weight is 259 g/mol. The predicted molar refractivity (Wildman–Crippen MR) is 68.0 cm³/mol. The van der Waals surface area contributed by atoms with Gasteiger partial charge in [0, 0.05) is 11.3 Å². The molecule has 2 nitrogen and oxygen atoms in total.